The monoisotopic (exact) mass is 401 g/mol. The fourth-order valence-corrected chi connectivity index (χ4v) is 4.32. The Morgan fingerprint density at radius 2 is 1.31 bits per heavy atom. The van der Waals surface area contributed by atoms with Crippen molar-refractivity contribution in [2.45, 2.75) is 123 Å². The van der Waals surface area contributed by atoms with Crippen molar-refractivity contribution in [1.82, 2.24) is 4.90 Å². The minimum Gasteiger partial charge on any atom is -0.287 e. The van der Waals surface area contributed by atoms with Crippen LogP contribution in [-0.4, -0.2) is 17.4 Å². The van der Waals surface area contributed by atoms with Crippen LogP contribution >= 0.6 is 0 Å². The number of amides is 1. The molecule has 0 atom stereocenters. The Morgan fingerprint density at radius 3 is 1.79 bits per heavy atom. The van der Waals surface area contributed by atoms with Gasteiger partial charge in [0.1, 0.15) is 0 Å². The van der Waals surface area contributed by atoms with Gasteiger partial charge >= 0.3 is 0 Å². The highest BCUT2D eigenvalue weighted by atomic mass is 16.2. The van der Waals surface area contributed by atoms with Crippen molar-refractivity contribution < 1.29 is 9.36 Å². The second-order valence-corrected chi connectivity index (χ2v) is 8.97. The van der Waals surface area contributed by atoms with Gasteiger partial charge in [0.25, 0.3) is 0 Å². The predicted molar refractivity (Wildman–Crippen MR) is 122 cm³/mol. The first-order valence-corrected chi connectivity index (χ1v) is 12.6. The number of hydrogen-bond acceptors (Lipinski definition) is 1. The van der Waals surface area contributed by atoms with Crippen molar-refractivity contribution in [1.29, 1.82) is 0 Å². The van der Waals surface area contributed by atoms with Crippen LogP contribution in [-0.2, 0) is 17.9 Å². The first kappa shape index (κ1) is 23.9. The summed E-state index contributed by atoms with van der Waals surface area (Å²) in [6, 6.07) is 4.45. The first-order chi connectivity index (χ1) is 14.3. The molecule has 0 unspecified atom stereocenters. The Bertz CT molecular complexity index is 540. The number of likely N-dealkylation sites (tertiary alicyclic amines) is 1. The van der Waals surface area contributed by atoms with E-state index in [1.165, 1.54) is 102 Å². The van der Waals surface area contributed by atoms with E-state index in [4.69, 9.17) is 0 Å². The van der Waals surface area contributed by atoms with E-state index < -0.39 is 0 Å². The molecule has 1 fully saturated rings. The second-order valence-electron chi connectivity index (χ2n) is 8.97. The quantitative estimate of drug-likeness (QED) is 0.214. The standard InChI is InChI=1S/C26H45N2O/c1-2-3-4-5-6-7-8-9-10-11-12-13-14-15-17-25-19-22-27(23-20-25)24-28-21-16-18-26(28)29/h19-20,22-23H,2-18,21,24H2,1H3/q+1. The molecule has 0 aromatic carbocycles. The predicted octanol–water partition coefficient (Wildman–Crippen LogP) is 6.58. The smallest absolute Gasteiger partial charge is 0.227 e. The van der Waals surface area contributed by atoms with Crippen molar-refractivity contribution in [2.75, 3.05) is 6.54 Å². The highest BCUT2D eigenvalue weighted by Crippen LogP contribution is 2.14. The number of rotatable bonds is 17. The molecule has 2 heterocycles. The molecule has 0 radical (unpaired) electrons. The minimum atomic E-state index is 0.295. The summed E-state index contributed by atoms with van der Waals surface area (Å²) in [5.41, 5.74) is 1.42. The molecule has 3 heteroatoms. The molecule has 1 saturated heterocycles. The Morgan fingerprint density at radius 1 is 0.793 bits per heavy atom. The normalized spacial score (nSPS) is 14.1. The molecule has 29 heavy (non-hydrogen) atoms. The van der Waals surface area contributed by atoms with E-state index in [1.807, 2.05) is 4.90 Å². The van der Waals surface area contributed by atoms with E-state index in [-0.39, 0.29) is 0 Å². The van der Waals surface area contributed by atoms with E-state index in [1.54, 1.807) is 0 Å². The molecule has 1 aromatic rings. The van der Waals surface area contributed by atoms with Gasteiger partial charge in [-0.3, -0.25) is 9.69 Å². The molecule has 0 spiro atoms. The summed E-state index contributed by atoms with van der Waals surface area (Å²) >= 11 is 0. The number of aryl methyl sites for hydroxylation is 1. The molecule has 0 aliphatic carbocycles. The minimum absolute atomic E-state index is 0.295. The number of carbonyl (C=O) groups excluding carboxylic acids is 1. The topological polar surface area (TPSA) is 24.2 Å². The molecule has 3 nitrogen and oxygen atoms in total. The van der Waals surface area contributed by atoms with Crippen LogP contribution in [0.5, 0.6) is 0 Å². The summed E-state index contributed by atoms with van der Waals surface area (Å²) in [6.45, 7) is 3.90. The Balaban J connectivity index is 1.39. The highest BCUT2D eigenvalue weighted by molar-refractivity contribution is 5.77. The van der Waals surface area contributed by atoms with E-state index in [9.17, 15) is 4.79 Å². The van der Waals surface area contributed by atoms with E-state index in [0.717, 1.165) is 19.4 Å². The second kappa shape index (κ2) is 15.5. The largest absolute Gasteiger partial charge is 0.287 e. The Kier molecular flexibility index (Phi) is 12.7. The average Bonchev–Trinajstić information content (AvgIpc) is 3.14. The van der Waals surface area contributed by atoms with Gasteiger partial charge in [0.15, 0.2) is 12.4 Å². The number of unbranched alkanes of at least 4 members (excludes halogenated alkanes) is 13. The third-order valence-electron chi connectivity index (χ3n) is 6.28. The van der Waals surface area contributed by atoms with Crippen molar-refractivity contribution >= 4 is 5.91 Å². The van der Waals surface area contributed by atoms with E-state index in [2.05, 4.69) is 36.0 Å². The van der Waals surface area contributed by atoms with Gasteiger partial charge in [0.05, 0.1) is 0 Å². The molecule has 0 N–H and O–H groups in total. The van der Waals surface area contributed by atoms with E-state index >= 15 is 0 Å². The fraction of sp³-hybridized carbons (Fsp3) is 0.769. The van der Waals surface area contributed by atoms with Gasteiger partial charge in [-0.1, -0.05) is 90.4 Å². The van der Waals surface area contributed by atoms with Crippen molar-refractivity contribution in [3.05, 3.63) is 30.1 Å². The maximum Gasteiger partial charge on any atom is 0.227 e. The molecular weight excluding hydrogens is 356 g/mol. The summed E-state index contributed by atoms with van der Waals surface area (Å²) < 4.78 is 2.12. The number of carbonyl (C=O) groups is 1. The first-order valence-electron chi connectivity index (χ1n) is 12.6. The van der Waals surface area contributed by atoms with Crippen LogP contribution in [0.2, 0.25) is 0 Å². The lowest BCUT2D eigenvalue weighted by atomic mass is 10.0. The molecule has 1 aromatic heterocycles. The van der Waals surface area contributed by atoms with Gasteiger partial charge in [0, 0.05) is 25.1 Å². The van der Waals surface area contributed by atoms with Gasteiger partial charge in [-0.15, -0.1) is 0 Å². The van der Waals surface area contributed by atoms with Crippen LogP contribution in [0.1, 0.15) is 115 Å². The van der Waals surface area contributed by atoms with Gasteiger partial charge < -0.3 is 0 Å². The summed E-state index contributed by atoms with van der Waals surface area (Å²) in [5.74, 6) is 0.295. The Hall–Kier alpha value is -1.38. The maximum atomic E-state index is 11.7. The third-order valence-corrected chi connectivity index (χ3v) is 6.28. The van der Waals surface area contributed by atoms with Crippen LogP contribution in [0.15, 0.2) is 24.5 Å². The lowest BCUT2D eigenvalue weighted by Gasteiger charge is -2.11. The van der Waals surface area contributed by atoms with Crippen LogP contribution < -0.4 is 4.57 Å². The number of aromatic nitrogens is 1. The van der Waals surface area contributed by atoms with Gasteiger partial charge in [-0.2, -0.15) is 4.57 Å². The van der Waals surface area contributed by atoms with Crippen molar-refractivity contribution in [3.63, 3.8) is 0 Å². The fourth-order valence-electron chi connectivity index (χ4n) is 4.32. The molecule has 1 amide bonds. The molecule has 2 rings (SSSR count). The molecule has 0 saturated carbocycles. The zero-order valence-corrected chi connectivity index (χ0v) is 19.0. The lowest BCUT2D eigenvalue weighted by molar-refractivity contribution is -0.712. The third kappa shape index (κ3) is 10.8. The molecule has 1 aliphatic rings. The zero-order valence-electron chi connectivity index (χ0n) is 19.0. The summed E-state index contributed by atoms with van der Waals surface area (Å²) in [7, 11) is 0. The number of nitrogens with zero attached hydrogens (tertiary/aromatic N) is 2. The van der Waals surface area contributed by atoms with Crippen LogP contribution in [0.3, 0.4) is 0 Å². The van der Waals surface area contributed by atoms with Crippen LogP contribution in [0.25, 0.3) is 0 Å². The highest BCUT2D eigenvalue weighted by Gasteiger charge is 2.22. The van der Waals surface area contributed by atoms with E-state index in [0.29, 0.717) is 12.6 Å². The zero-order chi connectivity index (χ0) is 20.6. The van der Waals surface area contributed by atoms with Gasteiger partial charge in [0.2, 0.25) is 12.6 Å². The van der Waals surface area contributed by atoms with Crippen LogP contribution in [0, 0.1) is 0 Å². The Labute approximate surface area is 179 Å². The maximum absolute atomic E-state index is 11.7. The van der Waals surface area contributed by atoms with Crippen LogP contribution in [0.4, 0.5) is 0 Å². The number of hydrogen-bond donors (Lipinski definition) is 0. The summed E-state index contributed by atoms with van der Waals surface area (Å²) in [4.78, 5) is 13.7. The number of pyridine rings is 1. The molecule has 1 aliphatic heterocycles. The average molecular weight is 402 g/mol. The molecule has 164 valence electrons. The summed E-state index contributed by atoms with van der Waals surface area (Å²) in [5, 5.41) is 0. The SMILES string of the molecule is CCCCCCCCCCCCCCCCc1cc[n+](CN2CCCC2=O)cc1. The van der Waals surface area contributed by atoms with Gasteiger partial charge in [-0.05, 0) is 24.8 Å². The molecule has 0 bridgehead atoms. The van der Waals surface area contributed by atoms with Crippen molar-refractivity contribution in [2.24, 2.45) is 0 Å². The van der Waals surface area contributed by atoms with Crippen molar-refractivity contribution in [3.8, 4) is 0 Å². The molecular formula is C26H45N2O+. The lowest BCUT2D eigenvalue weighted by Crippen LogP contribution is -2.43. The van der Waals surface area contributed by atoms with Gasteiger partial charge in [-0.25, -0.2) is 0 Å². The summed E-state index contributed by atoms with van der Waals surface area (Å²) in [6.07, 6.45) is 27.0.